The van der Waals surface area contributed by atoms with Crippen LogP contribution in [0.15, 0.2) is 35.9 Å². The minimum Gasteiger partial charge on any atom is -0.464 e. The van der Waals surface area contributed by atoms with Crippen molar-refractivity contribution in [2.24, 2.45) is 52.3 Å². The molecule has 0 radical (unpaired) electrons. The third kappa shape index (κ3) is 18.2. The Bertz CT molecular complexity index is 1910. The molecule has 2 unspecified atom stereocenters. The first kappa shape index (κ1) is 59.0. The number of allylic oxidation sites excluding steroid dienone is 1. The van der Waals surface area contributed by atoms with Gasteiger partial charge in [-0.25, -0.2) is 4.79 Å². The Balaban J connectivity index is 1.04. The highest BCUT2D eigenvalue weighted by molar-refractivity contribution is 7.81. The predicted octanol–water partition coefficient (Wildman–Crippen LogP) is 15.1. The van der Waals surface area contributed by atoms with Gasteiger partial charge >= 0.3 is 22.3 Å². The molecule has 1 aromatic rings. The van der Waals surface area contributed by atoms with Crippen molar-refractivity contribution in [2.45, 2.75) is 253 Å². The number of ether oxygens (including phenoxy) is 2. The number of hydrogen-bond donors (Lipinski definition) is 2. The molecule has 71 heavy (non-hydrogen) atoms. The maximum Gasteiger partial charge on any atom is 0.446 e. The maximum absolute atomic E-state index is 13.4. The molecule has 1 amide bonds. The van der Waals surface area contributed by atoms with Gasteiger partial charge in [0.1, 0.15) is 17.9 Å². The fourth-order valence-corrected chi connectivity index (χ4v) is 14.6. The van der Waals surface area contributed by atoms with Crippen LogP contribution in [-0.4, -0.2) is 49.6 Å². The van der Waals surface area contributed by atoms with Crippen LogP contribution in [0, 0.1) is 52.3 Å². The Morgan fingerprint density at radius 3 is 1.97 bits per heavy atom. The summed E-state index contributed by atoms with van der Waals surface area (Å²) in [5.74, 6) is 3.87. The van der Waals surface area contributed by atoms with Gasteiger partial charge < -0.3 is 19.0 Å². The molecule has 0 aromatic heterocycles. The van der Waals surface area contributed by atoms with Crippen molar-refractivity contribution >= 4 is 28.2 Å². The first-order valence-corrected chi connectivity index (χ1v) is 30.4. The number of unbranched alkanes of at least 4 members (excludes halogenated alkanes) is 15. The van der Waals surface area contributed by atoms with E-state index in [-0.39, 0.29) is 43.1 Å². The Morgan fingerprint density at radius 1 is 0.761 bits per heavy atom. The average molecular weight is 1010 g/mol. The average Bonchev–Trinajstić information content (AvgIpc) is 3.69. The largest absolute Gasteiger partial charge is 0.464 e. The fourth-order valence-electron chi connectivity index (χ4n) is 14.3. The van der Waals surface area contributed by atoms with Gasteiger partial charge in [0.25, 0.3) is 0 Å². The molecule has 10 atom stereocenters. The lowest BCUT2D eigenvalue weighted by Crippen LogP contribution is -2.51. The normalized spacial score (nSPS) is 26.3. The van der Waals surface area contributed by atoms with E-state index in [9.17, 15) is 22.8 Å². The minimum absolute atomic E-state index is 0.0789. The van der Waals surface area contributed by atoms with Crippen LogP contribution >= 0.6 is 0 Å². The highest BCUT2D eigenvalue weighted by Crippen LogP contribution is 2.67. The lowest BCUT2D eigenvalue weighted by molar-refractivity contribution is -0.152. The zero-order valence-corrected chi connectivity index (χ0v) is 46.4. The van der Waals surface area contributed by atoms with Crippen molar-refractivity contribution < 1.29 is 41.0 Å². The number of carbonyl (C=O) groups is 3. The van der Waals surface area contributed by atoms with Gasteiger partial charge in [-0.15, -0.1) is 0 Å². The van der Waals surface area contributed by atoms with Gasteiger partial charge in [0, 0.05) is 19.3 Å². The molecule has 0 bridgehead atoms. The summed E-state index contributed by atoms with van der Waals surface area (Å²) in [6.45, 7) is 17.4. The zero-order valence-electron chi connectivity index (χ0n) is 45.6. The molecule has 4 aliphatic carbocycles. The van der Waals surface area contributed by atoms with Gasteiger partial charge in [0.05, 0.1) is 13.0 Å². The number of amides is 1. The molecule has 3 fully saturated rings. The number of hydrogen-bond acceptors (Lipinski definition) is 8. The highest BCUT2D eigenvalue weighted by atomic mass is 32.3. The lowest BCUT2D eigenvalue weighted by Gasteiger charge is -2.58. The van der Waals surface area contributed by atoms with Gasteiger partial charge in [-0.05, 0) is 128 Å². The monoisotopic (exact) mass is 1010 g/mol. The van der Waals surface area contributed by atoms with Crippen LogP contribution in [0.25, 0.3) is 0 Å². The molecule has 1 aromatic carbocycles. The van der Waals surface area contributed by atoms with Gasteiger partial charge in [-0.3, -0.25) is 14.1 Å². The van der Waals surface area contributed by atoms with Crippen LogP contribution in [0.5, 0.6) is 5.75 Å². The number of rotatable bonds is 33. The Labute approximate surface area is 432 Å². The molecule has 11 heteroatoms. The van der Waals surface area contributed by atoms with Gasteiger partial charge in [-0.1, -0.05) is 181 Å². The molecule has 5 rings (SSSR count). The molecule has 0 spiro atoms. The third-order valence-corrected chi connectivity index (χ3v) is 19.0. The molecule has 404 valence electrons. The van der Waals surface area contributed by atoms with E-state index in [1.807, 2.05) is 0 Å². The number of benzene rings is 1. The van der Waals surface area contributed by atoms with Crippen molar-refractivity contribution in [2.75, 3.05) is 6.61 Å². The summed E-state index contributed by atoms with van der Waals surface area (Å²) in [5, 5.41) is 2.80. The van der Waals surface area contributed by atoms with Crippen LogP contribution in [0.2, 0.25) is 0 Å². The molecular formula is C60H99NO9S. The second-order valence-electron chi connectivity index (χ2n) is 23.8. The van der Waals surface area contributed by atoms with Crippen molar-refractivity contribution in [3.05, 3.63) is 41.5 Å². The van der Waals surface area contributed by atoms with E-state index in [4.69, 9.17) is 14.0 Å². The topological polar surface area (TPSA) is 145 Å². The van der Waals surface area contributed by atoms with E-state index in [0.29, 0.717) is 16.9 Å². The van der Waals surface area contributed by atoms with Crippen molar-refractivity contribution in [1.82, 2.24) is 5.32 Å². The molecule has 10 nitrogen and oxygen atoms in total. The van der Waals surface area contributed by atoms with Crippen molar-refractivity contribution in [3.8, 4) is 5.75 Å². The summed E-state index contributed by atoms with van der Waals surface area (Å²) in [4.78, 5) is 40.1. The first-order valence-electron chi connectivity index (χ1n) is 29.1. The Kier molecular flexibility index (Phi) is 24.3. The van der Waals surface area contributed by atoms with Gasteiger partial charge in [0.15, 0.2) is 0 Å². The predicted molar refractivity (Wildman–Crippen MR) is 286 cm³/mol. The van der Waals surface area contributed by atoms with Crippen molar-refractivity contribution in [1.29, 1.82) is 0 Å². The van der Waals surface area contributed by atoms with E-state index in [1.54, 1.807) is 12.1 Å². The summed E-state index contributed by atoms with van der Waals surface area (Å²) in [6, 6.07) is 4.82. The summed E-state index contributed by atoms with van der Waals surface area (Å²) >= 11 is 0. The van der Waals surface area contributed by atoms with Crippen LogP contribution in [0.4, 0.5) is 0 Å². The zero-order chi connectivity index (χ0) is 51.4. The highest BCUT2D eigenvalue weighted by Gasteiger charge is 2.59. The molecule has 0 aliphatic heterocycles. The summed E-state index contributed by atoms with van der Waals surface area (Å²) in [5.41, 5.74) is 2.65. The number of esters is 2. The summed E-state index contributed by atoms with van der Waals surface area (Å²) in [7, 11) is -4.69. The molecule has 0 heterocycles. The second kappa shape index (κ2) is 29.2. The van der Waals surface area contributed by atoms with E-state index in [2.05, 4.69) is 64.0 Å². The second-order valence-corrected chi connectivity index (χ2v) is 24.8. The smallest absolute Gasteiger partial charge is 0.446 e. The fraction of sp³-hybridized carbons (Fsp3) is 0.817. The van der Waals surface area contributed by atoms with Crippen LogP contribution in [0.1, 0.15) is 240 Å². The summed E-state index contributed by atoms with van der Waals surface area (Å²) < 4.78 is 47.8. The number of carbonyl (C=O) groups excluding carboxylic acids is 3. The Hall–Kier alpha value is -2.92. The molecule has 0 saturated heterocycles. The lowest BCUT2D eigenvalue weighted by atomic mass is 9.47. The number of nitrogens with one attached hydrogen (secondary N) is 1. The molecule has 3 saturated carbocycles. The van der Waals surface area contributed by atoms with Crippen LogP contribution in [0.3, 0.4) is 0 Å². The van der Waals surface area contributed by atoms with Gasteiger partial charge in [0.2, 0.25) is 5.91 Å². The number of fused-ring (bicyclic) bond motifs is 5. The first-order chi connectivity index (χ1) is 34.0. The summed E-state index contributed by atoms with van der Waals surface area (Å²) in [6.07, 6.45) is 35.2. The molecule has 2 N–H and O–H groups in total. The minimum atomic E-state index is -4.69. The SMILES string of the molecule is CCCCCCCCCCCCCCCCCCOC(=O)[C@@H](Cc1ccc(OS(=O)(=O)O)cc1)NC(=O)CCC(=O)O[C@H]1CC[C@@]2(C)C(=CC[C@H]3[C@@H]4CC[C@H](C(C)CCC(CC)C(C)C)[C@@]4(C)CC[C@@H]32)C1. The Morgan fingerprint density at radius 2 is 1.38 bits per heavy atom. The van der Waals surface area contributed by atoms with Crippen molar-refractivity contribution in [3.63, 3.8) is 0 Å². The van der Waals surface area contributed by atoms with E-state index < -0.39 is 34.3 Å². The molecule has 4 aliphatic rings. The standard InChI is InChI=1S/C60H99NO9S/c1-8-10-11-12-13-14-15-16-17-18-19-20-21-22-23-24-41-68-58(64)55(42-46-26-30-49(31-27-46)70-71(65,66)67)61-56(62)35-36-57(63)69-50-37-39-59(6)48(43-50)29-32-51-53-34-33-52(60(53,7)40-38-54(51)59)45(5)25-28-47(9-2)44(3)4/h26-27,29-31,44-45,47,50-55H,8-25,28,32-43H2,1-7H3,(H,61,62)(H,65,66,67)/t45?,47?,50-,51-,52+,53-,54-,55+,59-,60+/m0/s1. The third-order valence-electron chi connectivity index (χ3n) is 18.6. The maximum atomic E-state index is 13.4. The van der Waals surface area contributed by atoms with Gasteiger partial charge in [-0.2, -0.15) is 8.42 Å². The quantitative estimate of drug-likeness (QED) is 0.0304. The van der Waals surface area contributed by atoms with E-state index >= 15 is 0 Å². The van der Waals surface area contributed by atoms with E-state index in [0.717, 1.165) is 80.5 Å². The van der Waals surface area contributed by atoms with E-state index in [1.165, 1.54) is 146 Å². The molecular weight excluding hydrogens is 911 g/mol. The van der Waals surface area contributed by atoms with Crippen LogP contribution in [-0.2, 0) is 40.7 Å². The van der Waals surface area contributed by atoms with Crippen LogP contribution < -0.4 is 9.50 Å².